The molecule has 1 atom stereocenters. The molecular weight excluding hydrogens is 328 g/mol. The molecule has 0 saturated carbocycles. The second kappa shape index (κ2) is 6.08. The molecule has 1 unspecified atom stereocenters. The van der Waals surface area contributed by atoms with Crippen molar-refractivity contribution in [1.82, 2.24) is 9.88 Å². The van der Waals surface area contributed by atoms with E-state index in [1.165, 1.54) is 21.1 Å². The molecule has 0 radical (unpaired) electrons. The highest BCUT2D eigenvalue weighted by atomic mass is 79.9. The summed E-state index contributed by atoms with van der Waals surface area (Å²) in [5.41, 5.74) is 2.54. The Morgan fingerprint density at radius 1 is 1.24 bits per heavy atom. The summed E-state index contributed by atoms with van der Waals surface area (Å²) < 4.78 is 8.96. The van der Waals surface area contributed by atoms with Gasteiger partial charge in [0.25, 0.3) is 0 Å². The van der Waals surface area contributed by atoms with E-state index in [2.05, 4.69) is 63.9 Å². The smallest absolute Gasteiger partial charge is 0.120 e. The van der Waals surface area contributed by atoms with E-state index in [0.29, 0.717) is 0 Å². The molecule has 3 aromatic rings. The number of nitrogens with zero attached hydrogens (tertiary/aromatic N) is 1. The molecule has 0 aliphatic carbocycles. The molecule has 0 fully saturated rings. The van der Waals surface area contributed by atoms with E-state index in [-0.39, 0.29) is 6.04 Å². The molecule has 1 N–H and O–H groups in total. The van der Waals surface area contributed by atoms with Gasteiger partial charge in [-0.15, -0.1) is 0 Å². The monoisotopic (exact) mass is 346 g/mol. The molecule has 2 heterocycles. The fraction of sp³-hybridized carbons (Fsp3) is 0.294. The second-order valence-electron chi connectivity index (χ2n) is 5.26. The van der Waals surface area contributed by atoms with E-state index in [9.17, 15) is 0 Å². The van der Waals surface area contributed by atoms with Gasteiger partial charge in [-0.25, -0.2) is 0 Å². The van der Waals surface area contributed by atoms with Gasteiger partial charge in [0.15, 0.2) is 0 Å². The Labute approximate surface area is 133 Å². The van der Waals surface area contributed by atoms with Crippen molar-refractivity contribution in [2.75, 3.05) is 6.54 Å². The maximum atomic E-state index is 5.42. The summed E-state index contributed by atoms with van der Waals surface area (Å²) in [5, 5.41) is 4.78. The molecule has 0 aliphatic rings. The SMILES string of the molecule is Cc1c(Br)c2ccccc2n1CCNC(C)c1ccco1. The Bertz CT molecular complexity index is 731. The zero-order chi connectivity index (χ0) is 14.8. The van der Waals surface area contributed by atoms with Gasteiger partial charge in [-0.2, -0.15) is 0 Å². The molecule has 1 aromatic carbocycles. The second-order valence-corrected chi connectivity index (χ2v) is 6.05. The van der Waals surface area contributed by atoms with E-state index < -0.39 is 0 Å². The Hall–Kier alpha value is -1.52. The highest BCUT2D eigenvalue weighted by molar-refractivity contribution is 9.10. The van der Waals surface area contributed by atoms with Crippen molar-refractivity contribution in [1.29, 1.82) is 0 Å². The number of hydrogen-bond donors (Lipinski definition) is 1. The van der Waals surface area contributed by atoms with E-state index in [0.717, 1.165) is 18.8 Å². The quantitative estimate of drug-likeness (QED) is 0.728. The van der Waals surface area contributed by atoms with Gasteiger partial charge < -0.3 is 14.3 Å². The molecule has 3 nitrogen and oxygen atoms in total. The Morgan fingerprint density at radius 3 is 2.81 bits per heavy atom. The van der Waals surface area contributed by atoms with Crippen molar-refractivity contribution in [2.45, 2.75) is 26.4 Å². The Morgan fingerprint density at radius 2 is 2.05 bits per heavy atom. The fourth-order valence-corrected chi connectivity index (χ4v) is 3.26. The molecule has 2 aromatic heterocycles. The van der Waals surface area contributed by atoms with Crippen LogP contribution in [-0.4, -0.2) is 11.1 Å². The van der Waals surface area contributed by atoms with Crippen LogP contribution in [0.25, 0.3) is 10.9 Å². The van der Waals surface area contributed by atoms with Crippen LogP contribution in [0.4, 0.5) is 0 Å². The number of para-hydroxylation sites is 1. The minimum atomic E-state index is 0.227. The van der Waals surface area contributed by atoms with Gasteiger partial charge in [0.05, 0.1) is 12.3 Å². The maximum Gasteiger partial charge on any atom is 0.120 e. The average Bonchev–Trinajstić information content (AvgIpc) is 3.11. The Kier molecular flexibility index (Phi) is 4.17. The number of furan rings is 1. The van der Waals surface area contributed by atoms with Crippen LogP contribution in [0.5, 0.6) is 0 Å². The van der Waals surface area contributed by atoms with Gasteiger partial charge in [-0.05, 0) is 48.0 Å². The number of hydrogen-bond acceptors (Lipinski definition) is 2. The summed E-state index contributed by atoms with van der Waals surface area (Å²) in [6.45, 7) is 6.10. The third-order valence-corrected chi connectivity index (χ3v) is 4.91. The number of halogens is 1. The molecule has 0 amide bonds. The van der Waals surface area contributed by atoms with Crippen LogP contribution in [-0.2, 0) is 6.54 Å². The zero-order valence-corrected chi connectivity index (χ0v) is 13.9. The standard InChI is InChI=1S/C17H19BrN2O/c1-12(16-8-5-11-21-16)19-9-10-20-13(2)17(18)14-6-3-4-7-15(14)20/h3-8,11-12,19H,9-10H2,1-2H3. The maximum absolute atomic E-state index is 5.42. The number of nitrogens with one attached hydrogen (secondary N) is 1. The number of aromatic nitrogens is 1. The van der Waals surface area contributed by atoms with Gasteiger partial charge in [-0.1, -0.05) is 18.2 Å². The molecule has 110 valence electrons. The van der Waals surface area contributed by atoms with Crippen molar-refractivity contribution >= 4 is 26.8 Å². The van der Waals surface area contributed by atoms with Crippen molar-refractivity contribution in [3.63, 3.8) is 0 Å². The number of rotatable bonds is 5. The van der Waals surface area contributed by atoms with Crippen LogP contribution in [0.2, 0.25) is 0 Å². The van der Waals surface area contributed by atoms with Crippen molar-refractivity contribution < 1.29 is 4.42 Å². The lowest BCUT2D eigenvalue weighted by Gasteiger charge is -2.13. The molecule has 0 saturated heterocycles. The lowest BCUT2D eigenvalue weighted by Crippen LogP contribution is -2.23. The molecule has 0 bridgehead atoms. The van der Waals surface area contributed by atoms with E-state index in [1.807, 2.05) is 12.1 Å². The predicted molar refractivity (Wildman–Crippen MR) is 89.5 cm³/mol. The van der Waals surface area contributed by atoms with Gasteiger partial charge in [0.1, 0.15) is 5.76 Å². The van der Waals surface area contributed by atoms with Crippen molar-refractivity contribution in [2.24, 2.45) is 0 Å². The first-order valence-corrected chi connectivity index (χ1v) is 7.98. The van der Waals surface area contributed by atoms with Crippen LogP contribution >= 0.6 is 15.9 Å². The van der Waals surface area contributed by atoms with Gasteiger partial charge in [0.2, 0.25) is 0 Å². The molecule has 4 heteroatoms. The van der Waals surface area contributed by atoms with E-state index in [1.54, 1.807) is 6.26 Å². The summed E-state index contributed by atoms with van der Waals surface area (Å²) in [7, 11) is 0. The molecule has 21 heavy (non-hydrogen) atoms. The summed E-state index contributed by atoms with van der Waals surface area (Å²) in [6, 6.07) is 12.6. The highest BCUT2D eigenvalue weighted by Gasteiger charge is 2.12. The summed E-state index contributed by atoms with van der Waals surface area (Å²) in [4.78, 5) is 0. The highest BCUT2D eigenvalue weighted by Crippen LogP contribution is 2.30. The minimum absolute atomic E-state index is 0.227. The normalized spacial score (nSPS) is 12.9. The lowest BCUT2D eigenvalue weighted by atomic mass is 10.2. The van der Waals surface area contributed by atoms with Crippen LogP contribution in [0.15, 0.2) is 51.6 Å². The third-order valence-electron chi connectivity index (χ3n) is 3.91. The van der Waals surface area contributed by atoms with Crippen LogP contribution in [0.3, 0.4) is 0 Å². The molecule has 3 rings (SSSR count). The van der Waals surface area contributed by atoms with Gasteiger partial charge in [0, 0.05) is 34.2 Å². The van der Waals surface area contributed by atoms with Crippen LogP contribution < -0.4 is 5.32 Å². The van der Waals surface area contributed by atoms with Crippen molar-refractivity contribution in [3.8, 4) is 0 Å². The first-order chi connectivity index (χ1) is 10.2. The zero-order valence-electron chi connectivity index (χ0n) is 12.3. The molecule has 0 spiro atoms. The molecular formula is C17H19BrN2O. The van der Waals surface area contributed by atoms with Crippen LogP contribution in [0.1, 0.15) is 24.4 Å². The van der Waals surface area contributed by atoms with E-state index in [4.69, 9.17) is 4.42 Å². The average molecular weight is 347 g/mol. The Balaban J connectivity index is 1.72. The lowest BCUT2D eigenvalue weighted by molar-refractivity contribution is 0.424. The summed E-state index contributed by atoms with van der Waals surface area (Å²) >= 11 is 3.70. The number of fused-ring (bicyclic) bond motifs is 1. The largest absolute Gasteiger partial charge is 0.468 e. The van der Waals surface area contributed by atoms with Crippen molar-refractivity contribution in [3.05, 3.63) is 58.6 Å². The predicted octanol–water partition coefficient (Wildman–Crippen LogP) is 4.66. The summed E-state index contributed by atoms with van der Waals surface area (Å²) in [5.74, 6) is 0.977. The van der Waals surface area contributed by atoms with Crippen LogP contribution in [0, 0.1) is 6.92 Å². The minimum Gasteiger partial charge on any atom is -0.468 e. The first kappa shape index (κ1) is 14.4. The number of benzene rings is 1. The molecule has 0 aliphatic heterocycles. The summed E-state index contributed by atoms with van der Waals surface area (Å²) in [6.07, 6.45) is 1.72. The topological polar surface area (TPSA) is 30.1 Å². The first-order valence-electron chi connectivity index (χ1n) is 7.18. The fourth-order valence-electron chi connectivity index (χ4n) is 2.71. The third kappa shape index (κ3) is 2.78. The van der Waals surface area contributed by atoms with E-state index >= 15 is 0 Å². The van der Waals surface area contributed by atoms with Gasteiger partial charge in [-0.3, -0.25) is 0 Å². The van der Waals surface area contributed by atoms with Gasteiger partial charge >= 0.3 is 0 Å².